The molecule has 0 atom stereocenters. The van der Waals surface area contributed by atoms with Crippen molar-refractivity contribution in [2.75, 3.05) is 32.9 Å². The quantitative estimate of drug-likeness (QED) is 0.162. The Morgan fingerprint density at radius 3 is 2.65 bits per heavy atom. The van der Waals surface area contributed by atoms with Gasteiger partial charge >= 0.3 is 0 Å². The smallest absolute Gasteiger partial charge is 0.221 e. The van der Waals surface area contributed by atoms with E-state index < -0.39 is 0 Å². The number of benzene rings is 1. The lowest BCUT2D eigenvalue weighted by Crippen LogP contribution is -2.40. The second kappa shape index (κ2) is 16.1. The highest BCUT2D eigenvalue weighted by Gasteiger charge is 2.16. The first-order valence-corrected chi connectivity index (χ1v) is 11.2. The van der Waals surface area contributed by atoms with Crippen LogP contribution in [0.1, 0.15) is 57.1 Å². The second-order valence-corrected chi connectivity index (χ2v) is 7.58. The summed E-state index contributed by atoms with van der Waals surface area (Å²) in [5, 5.41) is 9.61. The van der Waals surface area contributed by atoms with E-state index in [4.69, 9.17) is 9.47 Å². The van der Waals surface area contributed by atoms with Crippen LogP contribution in [0.25, 0.3) is 0 Å². The van der Waals surface area contributed by atoms with E-state index in [9.17, 15) is 4.79 Å². The van der Waals surface area contributed by atoms with E-state index in [2.05, 4.69) is 27.0 Å². The van der Waals surface area contributed by atoms with Crippen molar-refractivity contribution >= 4 is 35.8 Å². The number of hydrogen-bond acceptors (Lipinski definition) is 4. The fraction of sp³-hybridized carbons (Fsp3) is 0.652. The number of halogens is 1. The third-order valence-electron chi connectivity index (χ3n) is 5.03. The van der Waals surface area contributed by atoms with Crippen molar-refractivity contribution in [3.05, 3.63) is 29.3 Å². The number of amides is 1. The number of nitrogens with zero attached hydrogens (tertiary/aromatic N) is 1. The number of ether oxygens (including phenoxy) is 2. The summed E-state index contributed by atoms with van der Waals surface area (Å²) in [6.07, 6.45) is 5.09. The number of aliphatic imine (C=N–C) groups is 1. The zero-order valence-electron chi connectivity index (χ0n) is 19.2. The molecule has 1 aliphatic carbocycles. The maximum absolute atomic E-state index is 12.1. The van der Waals surface area contributed by atoms with Crippen molar-refractivity contribution in [1.82, 2.24) is 16.0 Å². The van der Waals surface area contributed by atoms with Crippen LogP contribution in [0.5, 0.6) is 5.75 Å². The summed E-state index contributed by atoms with van der Waals surface area (Å²) in [6.45, 7) is 9.62. The Kier molecular flexibility index (Phi) is 14.3. The van der Waals surface area contributed by atoms with Gasteiger partial charge in [-0.2, -0.15) is 0 Å². The fourth-order valence-electron chi connectivity index (χ4n) is 3.45. The Balaban J connectivity index is 0.00000480. The summed E-state index contributed by atoms with van der Waals surface area (Å²) in [6, 6.07) is 6.51. The van der Waals surface area contributed by atoms with Gasteiger partial charge in [-0.3, -0.25) is 4.79 Å². The van der Waals surface area contributed by atoms with Crippen LogP contribution in [0, 0.1) is 6.92 Å². The highest BCUT2D eigenvalue weighted by molar-refractivity contribution is 14.0. The molecule has 1 aliphatic rings. The first kappa shape index (κ1) is 27.5. The van der Waals surface area contributed by atoms with E-state index in [1.165, 1.54) is 12.8 Å². The minimum Gasteiger partial charge on any atom is -0.491 e. The molecule has 0 aromatic heterocycles. The molecule has 0 heterocycles. The molecular weight excluding hydrogens is 507 g/mol. The van der Waals surface area contributed by atoms with Gasteiger partial charge in [0.1, 0.15) is 12.4 Å². The highest BCUT2D eigenvalue weighted by Crippen LogP contribution is 2.21. The van der Waals surface area contributed by atoms with Gasteiger partial charge in [0.15, 0.2) is 5.96 Å². The van der Waals surface area contributed by atoms with Gasteiger partial charge in [-0.1, -0.05) is 25.0 Å². The zero-order valence-corrected chi connectivity index (χ0v) is 21.5. The molecule has 8 heteroatoms. The van der Waals surface area contributed by atoms with Gasteiger partial charge in [-0.25, -0.2) is 4.99 Å². The topological polar surface area (TPSA) is 84.0 Å². The molecule has 0 radical (unpaired) electrons. The lowest BCUT2D eigenvalue weighted by molar-refractivity contribution is -0.121. The number of guanidine groups is 1. The molecule has 1 saturated carbocycles. The summed E-state index contributed by atoms with van der Waals surface area (Å²) in [4.78, 5) is 16.8. The van der Waals surface area contributed by atoms with Crippen molar-refractivity contribution in [3.63, 3.8) is 0 Å². The molecule has 3 N–H and O–H groups in total. The Bertz CT molecular complexity index is 679. The molecule has 1 aromatic rings. The molecule has 1 fully saturated rings. The van der Waals surface area contributed by atoms with Crippen molar-refractivity contribution in [3.8, 4) is 5.75 Å². The van der Waals surface area contributed by atoms with Crippen LogP contribution < -0.4 is 20.7 Å². The van der Waals surface area contributed by atoms with E-state index >= 15 is 0 Å². The number of carbonyl (C=O) groups excluding carboxylic acids is 1. The molecule has 7 nitrogen and oxygen atoms in total. The summed E-state index contributed by atoms with van der Waals surface area (Å²) in [5.41, 5.74) is 2.17. The number of hydrogen-bond donors (Lipinski definition) is 3. The standard InChI is InChI=1S/C23H38N4O3.HI/c1-4-24-23(25-13-12-22(28)27-20-8-6-7-9-20)26-17-19-11-10-18(3)16-21(19)30-15-14-29-5-2;/h10-11,16,20H,4-9,12-15,17H2,1-3H3,(H,27,28)(H2,24,25,26);1H. The van der Waals surface area contributed by atoms with E-state index in [1.54, 1.807) is 0 Å². The van der Waals surface area contributed by atoms with Crippen molar-refractivity contribution in [2.45, 2.75) is 65.5 Å². The van der Waals surface area contributed by atoms with Crippen LogP contribution >= 0.6 is 24.0 Å². The van der Waals surface area contributed by atoms with Gasteiger partial charge in [0.2, 0.25) is 5.91 Å². The Morgan fingerprint density at radius 2 is 1.94 bits per heavy atom. The molecule has 0 bridgehead atoms. The third-order valence-corrected chi connectivity index (χ3v) is 5.03. The Morgan fingerprint density at radius 1 is 1.16 bits per heavy atom. The number of rotatable bonds is 12. The van der Waals surface area contributed by atoms with Gasteiger partial charge in [0.25, 0.3) is 0 Å². The average Bonchev–Trinajstić information content (AvgIpc) is 3.23. The van der Waals surface area contributed by atoms with Crippen LogP contribution in [-0.4, -0.2) is 50.8 Å². The lowest BCUT2D eigenvalue weighted by atomic mass is 10.1. The van der Waals surface area contributed by atoms with E-state index in [0.717, 1.165) is 36.3 Å². The van der Waals surface area contributed by atoms with Gasteiger partial charge in [0, 0.05) is 37.7 Å². The maximum Gasteiger partial charge on any atom is 0.221 e. The molecule has 2 rings (SSSR count). The minimum atomic E-state index is 0. The Hall–Kier alpha value is -1.55. The van der Waals surface area contributed by atoms with E-state index in [0.29, 0.717) is 51.3 Å². The molecule has 1 amide bonds. The van der Waals surface area contributed by atoms with Gasteiger partial charge in [-0.05, 0) is 45.2 Å². The van der Waals surface area contributed by atoms with Crippen molar-refractivity contribution < 1.29 is 14.3 Å². The SMILES string of the molecule is CCNC(=NCc1ccc(C)cc1OCCOCC)NCCC(=O)NC1CCCC1.I. The van der Waals surface area contributed by atoms with Gasteiger partial charge < -0.3 is 25.4 Å². The van der Waals surface area contributed by atoms with Crippen molar-refractivity contribution in [2.24, 2.45) is 4.99 Å². The maximum atomic E-state index is 12.1. The molecule has 176 valence electrons. The van der Waals surface area contributed by atoms with Crippen LogP contribution in [-0.2, 0) is 16.1 Å². The van der Waals surface area contributed by atoms with Crippen LogP contribution in [0.4, 0.5) is 0 Å². The molecule has 0 spiro atoms. The van der Waals surface area contributed by atoms with Crippen LogP contribution in [0.15, 0.2) is 23.2 Å². The summed E-state index contributed by atoms with van der Waals surface area (Å²) in [5.74, 6) is 1.64. The monoisotopic (exact) mass is 546 g/mol. The van der Waals surface area contributed by atoms with Crippen LogP contribution in [0.3, 0.4) is 0 Å². The third kappa shape index (κ3) is 11.0. The fourth-order valence-corrected chi connectivity index (χ4v) is 3.45. The summed E-state index contributed by atoms with van der Waals surface area (Å²) in [7, 11) is 0. The number of carbonyl (C=O) groups is 1. The highest BCUT2D eigenvalue weighted by atomic mass is 127. The average molecular weight is 546 g/mol. The molecule has 0 aliphatic heterocycles. The molecular formula is C23H39IN4O3. The summed E-state index contributed by atoms with van der Waals surface area (Å²) < 4.78 is 11.3. The molecule has 0 saturated heterocycles. The van der Waals surface area contributed by atoms with Gasteiger partial charge in [0.05, 0.1) is 13.2 Å². The second-order valence-electron chi connectivity index (χ2n) is 7.58. The lowest BCUT2D eigenvalue weighted by Gasteiger charge is -2.15. The minimum absolute atomic E-state index is 0. The number of aryl methyl sites for hydroxylation is 1. The van der Waals surface area contributed by atoms with E-state index in [-0.39, 0.29) is 29.9 Å². The Labute approximate surface area is 204 Å². The van der Waals surface area contributed by atoms with Crippen LogP contribution in [0.2, 0.25) is 0 Å². The molecule has 1 aromatic carbocycles. The largest absolute Gasteiger partial charge is 0.491 e. The molecule has 0 unspecified atom stereocenters. The van der Waals surface area contributed by atoms with Crippen molar-refractivity contribution in [1.29, 1.82) is 0 Å². The van der Waals surface area contributed by atoms with E-state index in [1.807, 2.05) is 32.9 Å². The predicted octanol–water partition coefficient (Wildman–Crippen LogP) is 3.53. The van der Waals surface area contributed by atoms with Gasteiger partial charge in [-0.15, -0.1) is 24.0 Å². The predicted molar refractivity (Wildman–Crippen MR) is 136 cm³/mol. The molecule has 31 heavy (non-hydrogen) atoms. The number of nitrogens with one attached hydrogen (secondary N) is 3. The normalized spacial score (nSPS) is 14.1. The first-order chi connectivity index (χ1) is 14.6. The zero-order chi connectivity index (χ0) is 21.6. The first-order valence-electron chi connectivity index (χ1n) is 11.2. The summed E-state index contributed by atoms with van der Waals surface area (Å²) >= 11 is 0.